The Hall–Kier alpha value is -1.61. The van der Waals surface area contributed by atoms with Crippen LogP contribution in [-0.2, 0) is 21.4 Å². The molecule has 0 spiro atoms. The van der Waals surface area contributed by atoms with Gasteiger partial charge < -0.3 is 10.1 Å². The Morgan fingerprint density at radius 2 is 1.96 bits per heavy atom. The lowest BCUT2D eigenvalue weighted by Crippen LogP contribution is -2.28. The predicted octanol–water partition coefficient (Wildman–Crippen LogP) is 2.35. The van der Waals surface area contributed by atoms with Crippen molar-refractivity contribution in [2.24, 2.45) is 0 Å². The summed E-state index contributed by atoms with van der Waals surface area (Å²) in [5.41, 5.74) is 0. The van der Waals surface area contributed by atoms with Gasteiger partial charge in [0.2, 0.25) is 0 Å². The van der Waals surface area contributed by atoms with E-state index in [1.807, 2.05) is 0 Å². The van der Waals surface area contributed by atoms with Crippen LogP contribution < -0.4 is 10.1 Å². The standard InChI is InChI=1S/C15H17ClN2O4S2/c1-18(2)24(20,21)15-8-7-11(23-15)9-17-14(19)10-22-13-6-4-3-5-12(13)16/h3-8H,9-10H2,1-2H3,(H,17,19). The third-order valence-corrected chi connectivity index (χ3v) is 6.71. The fourth-order valence-corrected chi connectivity index (χ4v) is 4.37. The molecule has 24 heavy (non-hydrogen) atoms. The van der Waals surface area contributed by atoms with Crippen LogP contribution in [0.2, 0.25) is 5.02 Å². The van der Waals surface area contributed by atoms with Gasteiger partial charge in [0.25, 0.3) is 15.9 Å². The van der Waals surface area contributed by atoms with Gasteiger partial charge in [-0.2, -0.15) is 0 Å². The molecule has 1 aromatic heterocycles. The molecule has 1 heterocycles. The van der Waals surface area contributed by atoms with Crippen LogP contribution in [0.3, 0.4) is 0 Å². The van der Waals surface area contributed by atoms with E-state index in [0.29, 0.717) is 10.8 Å². The van der Waals surface area contributed by atoms with Crippen LogP contribution in [0.15, 0.2) is 40.6 Å². The minimum atomic E-state index is -3.45. The fraction of sp³-hybridized carbons (Fsp3) is 0.267. The highest BCUT2D eigenvalue weighted by Gasteiger charge is 2.19. The third kappa shape index (κ3) is 4.70. The molecule has 0 saturated heterocycles. The molecule has 0 saturated carbocycles. The largest absolute Gasteiger partial charge is 0.482 e. The number of nitrogens with zero attached hydrogens (tertiary/aromatic N) is 1. The summed E-state index contributed by atoms with van der Waals surface area (Å²) in [6, 6.07) is 10.1. The SMILES string of the molecule is CN(C)S(=O)(=O)c1ccc(CNC(=O)COc2ccccc2Cl)s1. The van der Waals surface area contributed by atoms with E-state index in [-0.39, 0.29) is 23.3 Å². The highest BCUT2D eigenvalue weighted by atomic mass is 35.5. The van der Waals surface area contributed by atoms with Gasteiger partial charge in [0.05, 0.1) is 11.6 Å². The fourth-order valence-electron chi connectivity index (χ4n) is 1.71. The van der Waals surface area contributed by atoms with Crippen LogP contribution in [-0.4, -0.2) is 39.3 Å². The van der Waals surface area contributed by atoms with E-state index in [1.165, 1.54) is 20.2 Å². The summed E-state index contributed by atoms with van der Waals surface area (Å²) in [5.74, 6) is 0.116. The summed E-state index contributed by atoms with van der Waals surface area (Å²) in [7, 11) is -0.496. The maximum Gasteiger partial charge on any atom is 0.258 e. The molecule has 2 rings (SSSR count). The van der Waals surface area contributed by atoms with Gasteiger partial charge in [-0.1, -0.05) is 23.7 Å². The number of thiophene rings is 1. The molecule has 1 amide bonds. The van der Waals surface area contributed by atoms with Crippen LogP contribution in [0.4, 0.5) is 0 Å². The summed E-state index contributed by atoms with van der Waals surface area (Å²) in [6.45, 7) is 0.0658. The number of halogens is 1. The number of rotatable bonds is 7. The molecule has 0 radical (unpaired) electrons. The summed E-state index contributed by atoms with van der Waals surface area (Å²) in [4.78, 5) is 12.5. The minimum Gasteiger partial charge on any atom is -0.482 e. The molecule has 0 fully saturated rings. The second-order valence-corrected chi connectivity index (χ2v) is 8.96. The number of ether oxygens (including phenoxy) is 1. The van der Waals surface area contributed by atoms with Gasteiger partial charge in [0.15, 0.2) is 6.61 Å². The van der Waals surface area contributed by atoms with Gasteiger partial charge in [-0.05, 0) is 24.3 Å². The van der Waals surface area contributed by atoms with Crippen molar-refractivity contribution in [2.45, 2.75) is 10.8 Å². The average molecular weight is 389 g/mol. The first-order valence-corrected chi connectivity index (χ1v) is 9.59. The molecule has 1 aromatic carbocycles. The van der Waals surface area contributed by atoms with Gasteiger partial charge in [-0.25, -0.2) is 12.7 Å². The zero-order valence-electron chi connectivity index (χ0n) is 13.2. The number of hydrogen-bond donors (Lipinski definition) is 1. The van der Waals surface area contributed by atoms with Crippen molar-refractivity contribution in [1.82, 2.24) is 9.62 Å². The molecule has 0 aliphatic heterocycles. The first kappa shape index (κ1) is 18.7. The lowest BCUT2D eigenvalue weighted by Gasteiger charge is -2.09. The van der Waals surface area contributed by atoms with Crippen LogP contribution in [0.25, 0.3) is 0 Å². The van der Waals surface area contributed by atoms with Crippen LogP contribution in [0.1, 0.15) is 4.88 Å². The molecule has 9 heteroatoms. The van der Waals surface area contributed by atoms with Gasteiger partial charge in [0.1, 0.15) is 9.96 Å². The molecule has 2 aromatic rings. The Balaban J connectivity index is 1.87. The van der Waals surface area contributed by atoms with Crippen molar-refractivity contribution in [1.29, 1.82) is 0 Å². The van der Waals surface area contributed by atoms with Gasteiger partial charge >= 0.3 is 0 Å². The van der Waals surface area contributed by atoms with E-state index in [9.17, 15) is 13.2 Å². The normalized spacial score (nSPS) is 11.5. The quantitative estimate of drug-likeness (QED) is 0.789. The van der Waals surface area contributed by atoms with Crippen molar-refractivity contribution in [3.05, 3.63) is 46.3 Å². The van der Waals surface area contributed by atoms with Crippen LogP contribution in [0, 0.1) is 0 Å². The lowest BCUT2D eigenvalue weighted by atomic mass is 10.3. The number of para-hydroxylation sites is 1. The van der Waals surface area contributed by atoms with Crippen LogP contribution >= 0.6 is 22.9 Å². The summed E-state index contributed by atoms with van der Waals surface area (Å²) < 4.78 is 30.7. The van der Waals surface area contributed by atoms with Crippen molar-refractivity contribution in [3.63, 3.8) is 0 Å². The number of sulfonamides is 1. The first-order chi connectivity index (χ1) is 11.3. The van der Waals surface area contributed by atoms with Gasteiger partial charge in [0, 0.05) is 19.0 Å². The Labute approximate surface area is 150 Å². The molecule has 1 N–H and O–H groups in total. The molecular weight excluding hydrogens is 372 g/mol. The Bertz CT molecular complexity index is 818. The zero-order valence-corrected chi connectivity index (χ0v) is 15.5. The van der Waals surface area contributed by atoms with Gasteiger partial charge in [-0.15, -0.1) is 11.3 Å². The summed E-state index contributed by atoms with van der Waals surface area (Å²) >= 11 is 7.06. The Morgan fingerprint density at radius 3 is 2.62 bits per heavy atom. The summed E-state index contributed by atoms with van der Waals surface area (Å²) in [6.07, 6.45) is 0. The van der Waals surface area contributed by atoms with Crippen molar-refractivity contribution >= 4 is 38.9 Å². The molecule has 130 valence electrons. The zero-order chi connectivity index (χ0) is 17.7. The number of nitrogens with one attached hydrogen (secondary N) is 1. The number of carbonyl (C=O) groups is 1. The maximum absolute atomic E-state index is 12.0. The number of amides is 1. The predicted molar refractivity (Wildman–Crippen MR) is 94.0 cm³/mol. The second kappa shape index (κ2) is 7.98. The molecule has 0 atom stereocenters. The van der Waals surface area contributed by atoms with E-state index in [0.717, 1.165) is 20.5 Å². The Morgan fingerprint density at radius 1 is 1.25 bits per heavy atom. The van der Waals surface area contributed by atoms with Crippen molar-refractivity contribution < 1.29 is 17.9 Å². The van der Waals surface area contributed by atoms with E-state index in [2.05, 4.69) is 5.32 Å². The van der Waals surface area contributed by atoms with Crippen molar-refractivity contribution in [3.8, 4) is 5.75 Å². The number of carbonyl (C=O) groups excluding carboxylic acids is 1. The lowest BCUT2D eigenvalue weighted by molar-refractivity contribution is -0.123. The van der Waals surface area contributed by atoms with Crippen molar-refractivity contribution in [2.75, 3.05) is 20.7 Å². The number of benzene rings is 1. The molecule has 0 aliphatic rings. The highest BCUT2D eigenvalue weighted by Crippen LogP contribution is 2.24. The number of hydrogen-bond acceptors (Lipinski definition) is 5. The monoisotopic (exact) mass is 388 g/mol. The van der Waals surface area contributed by atoms with E-state index < -0.39 is 10.0 Å². The molecular formula is C15H17ClN2O4S2. The minimum absolute atomic E-state index is 0.169. The first-order valence-electron chi connectivity index (χ1n) is 6.96. The van der Waals surface area contributed by atoms with Crippen LogP contribution in [0.5, 0.6) is 5.75 Å². The van der Waals surface area contributed by atoms with E-state index in [4.69, 9.17) is 16.3 Å². The third-order valence-electron chi connectivity index (χ3n) is 3.03. The van der Waals surface area contributed by atoms with E-state index >= 15 is 0 Å². The summed E-state index contributed by atoms with van der Waals surface area (Å²) in [5, 5.41) is 3.11. The topological polar surface area (TPSA) is 75.7 Å². The van der Waals surface area contributed by atoms with Gasteiger partial charge in [-0.3, -0.25) is 4.79 Å². The molecule has 0 aliphatic carbocycles. The molecule has 0 bridgehead atoms. The maximum atomic E-state index is 12.0. The highest BCUT2D eigenvalue weighted by molar-refractivity contribution is 7.91. The second-order valence-electron chi connectivity index (χ2n) is 5.00. The van der Waals surface area contributed by atoms with E-state index in [1.54, 1.807) is 30.3 Å². The average Bonchev–Trinajstić information content (AvgIpc) is 3.01. The molecule has 0 unspecified atom stereocenters. The molecule has 6 nitrogen and oxygen atoms in total. The smallest absolute Gasteiger partial charge is 0.258 e. The Kier molecular flexibility index (Phi) is 6.22.